The Morgan fingerprint density at radius 1 is 1.11 bits per heavy atom. The molecule has 0 heterocycles. The normalized spacial score (nSPS) is 12.4. The summed E-state index contributed by atoms with van der Waals surface area (Å²) in [7, 11) is 0. The van der Waals surface area contributed by atoms with E-state index >= 15 is 0 Å². The van der Waals surface area contributed by atoms with E-state index < -0.39 is 6.04 Å². The summed E-state index contributed by atoms with van der Waals surface area (Å²) in [5.74, 6) is -0.663. The molecule has 2 aromatic carbocycles. The highest BCUT2D eigenvalue weighted by Gasteiger charge is 2.12. The van der Waals surface area contributed by atoms with E-state index in [1.807, 2.05) is 0 Å². The van der Waals surface area contributed by atoms with Crippen molar-refractivity contribution in [3.63, 3.8) is 0 Å². The summed E-state index contributed by atoms with van der Waals surface area (Å²) in [5, 5.41) is 0. The molecule has 2 rings (SSSR count). The maximum atomic E-state index is 13.7. The van der Waals surface area contributed by atoms with E-state index in [0.29, 0.717) is 16.5 Å². The average Bonchev–Trinajstić information content (AvgIpc) is 2.28. The van der Waals surface area contributed by atoms with Crippen molar-refractivity contribution in [1.29, 1.82) is 0 Å². The Morgan fingerprint density at radius 3 is 2.56 bits per heavy atom. The zero-order valence-corrected chi connectivity index (χ0v) is 11.1. The summed E-state index contributed by atoms with van der Waals surface area (Å²) >= 11 is 3.19. The van der Waals surface area contributed by atoms with Crippen LogP contribution in [0.25, 0.3) is 0 Å². The first-order valence-corrected chi connectivity index (χ1v) is 6.30. The fourth-order valence-corrected chi connectivity index (χ4v) is 2.16. The van der Waals surface area contributed by atoms with E-state index in [9.17, 15) is 8.78 Å². The smallest absolute Gasteiger partial charge is 0.129 e. The largest absolute Gasteiger partial charge is 0.324 e. The highest BCUT2D eigenvalue weighted by Crippen LogP contribution is 2.22. The summed E-state index contributed by atoms with van der Waals surface area (Å²) in [5.41, 5.74) is 7.14. The molecular weight excluding hydrogens is 300 g/mol. The molecule has 94 valence electrons. The van der Waals surface area contributed by atoms with Gasteiger partial charge in [0.2, 0.25) is 0 Å². The molecular formula is C14H12BrF2N. The molecule has 2 aromatic rings. The maximum absolute atomic E-state index is 13.7. The molecule has 1 unspecified atom stereocenters. The van der Waals surface area contributed by atoms with E-state index in [1.165, 1.54) is 18.2 Å². The van der Waals surface area contributed by atoms with Crippen molar-refractivity contribution in [1.82, 2.24) is 0 Å². The predicted octanol–water partition coefficient (Wildman–Crippen LogP) is 3.97. The van der Waals surface area contributed by atoms with Crippen LogP contribution in [0.4, 0.5) is 8.78 Å². The first-order valence-electron chi connectivity index (χ1n) is 5.51. The Labute approximate surface area is 113 Å². The second-order valence-electron chi connectivity index (χ2n) is 4.11. The van der Waals surface area contributed by atoms with Crippen molar-refractivity contribution in [2.45, 2.75) is 12.5 Å². The Morgan fingerprint density at radius 2 is 1.89 bits per heavy atom. The predicted molar refractivity (Wildman–Crippen MR) is 71.1 cm³/mol. The van der Waals surface area contributed by atoms with Crippen LogP contribution in [0.5, 0.6) is 0 Å². The zero-order valence-electron chi connectivity index (χ0n) is 9.54. The van der Waals surface area contributed by atoms with Gasteiger partial charge in [-0.25, -0.2) is 8.78 Å². The highest BCUT2D eigenvalue weighted by molar-refractivity contribution is 9.10. The van der Waals surface area contributed by atoms with Crippen LogP contribution in [0.3, 0.4) is 0 Å². The second kappa shape index (κ2) is 5.59. The van der Waals surface area contributed by atoms with E-state index in [0.717, 1.165) is 5.56 Å². The van der Waals surface area contributed by atoms with Crippen molar-refractivity contribution in [3.05, 3.63) is 69.7 Å². The third kappa shape index (κ3) is 3.15. The number of nitrogens with two attached hydrogens (primary N) is 1. The quantitative estimate of drug-likeness (QED) is 0.912. The van der Waals surface area contributed by atoms with Gasteiger partial charge in [0.1, 0.15) is 11.6 Å². The minimum absolute atomic E-state index is 0.309. The van der Waals surface area contributed by atoms with E-state index in [-0.39, 0.29) is 11.6 Å². The molecule has 0 bridgehead atoms. The number of benzene rings is 2. The van der Waals surface area contributed by atoms with Gasteiger partial charge in [0.15, 0.2) is 0 Å². The van der Waals surface area contributed by atoms with Crippen molar-refractivity contribution >= 4 is 15.9 Å². The summed E-state index contributed by atoms with van der Waals surface area (Å²) in [6.45, 7) is 0. The first-order chi connectivity index (χ1) is 8.56. The van der Waals surface area contributed by atoms with Crippen molar-refractivity contribution in [2.75, 3.05) is 0 Å². The fourth-order valence-electron chi connectivity index (χ4n) is 1.83. The molecule has 4 heteroatoms. The second-order valence-corrected chi connectivity index (χ2v) is 5.02. The third-order valence-electron chi connectivity index (χ3n) is 2.71. The first kappa shape index (κ1) is 13.2. The fraction of sp³-hybridized carbons (Fsp3) is 0.143. The topological polar surface area (TPSA) is 26.0 Å². The number of hydrogen-bond acceptors (Lipinski definition) is 1. The van der Waals surface area contributed by atoms with Gasteiger partial charge < -0.3 is 5.73 Å². The standard InChI is InChI=1S/C14H12BrF2N/c15-10-4-5-12(13(17)8-10)14(18)7-9-2-1-3-11(16)6-9/h1-6,8,14H,7,18H2. The van der Waals surface area contributed by atoms with Gasteiger partial charge >= 0.3 is 0 Å². The molecule has 18 heavy (non-hydrogen) atoms. The highest BCUT2D eigenvalue weighted by atomic mass is 79.9. The van der Waals surface area contributed by atoms with Crippen LogP contribution in [-0.4, -0.2) is 0 Å². The molecule has 1 atom stereocenters. The molecule has 0 saturated heterocycles. The Balaban J connectivity index is 2.19. The summed E-state index contributed by atoms with van der Waals surface area (Å²) < 4.78 is 27.4. The Hall–Kier alpha value is -1.26. The van der Waals surface area contributed by atoms with E-state index in [2.05, 4.69) is 15.9 Å². The van der Waals surface area contributed by atoms with Gasteiger partial charge in [-0.3, -0.25) is 0 Å². The van der Waals surface area contributed by atoms with Crippen LogP contribution in [0, 0.1) is 11.6 Å². The summed E-state index contributed by atoms with van der Waals surface area (Å²) in [6, 6.07) is 10.5. The summed E-state index contributed by atoms with van der Waals surface area (Å²) in [4.78, 5) is 0. The monoisotopic (exact) mass is 311 g/mol. The molecule has 0 saturated carbocycles. The molecule has 0 radical (unpaired) electrons. The van der Waals surface area contributed by atoms with Crippen LogP contribution in [0.1, 0.15) is 17.2 Å². The number of rotatable bonds is 3. The lowest BCUT2D eigenvalue weighted by molar-refractivity contribution is 0.577. The van der Waals surface area contributed by atoms with Gasteiger partial charge in [0.25, 0.3) is 0 Å². The van der Waals surface area contributed by atoms with E-state index in [4.69, 9.17) is 5.73 Å². The van der Waals surface area contributed by atoms with Gasteiger partial charge in [-0.15, -0.1) is 0 Å². The van der Waals surface area contributed by atoms with Crippen LogP contribution < -0.4 is 5.73 Å². The molecule has 0 spiro atoms. The van der Waals surface area contributed by atoms with Crippen molar-refractivity contribution in [3.8, 4) is 0 Å². The molecule has 0 aromatic heterocycles. The Kier molecular flexibility index (Phi) is 4.09. The lowest BCUT2D eigenvalue weighted by atomic mass is 9.99. The molecule has 0 amide bonds. The van der Waals surface area contributed by atoms with Gasteiger partial charge in [0, 0.05) is 16.1 Å². The lowest BCUT2D eigenvalue weighted by Gasteiger charge is -2.13. The lowest BCUT2D eigenvalue weighted by Crippen LogP contribution is -2.15. The SMILES string of the molecule is NC(Cc1cccc(F)c1)c1ccc(Br)cc1F. The van der Waals surface area contributed by atoms with Crippen LogP contribution in [0.2, 0.25) is 0 Å². The summed E-state index contributed by atoms with van der Waals surface area (Å²) in [6.07, 6.45) is 0.399. The molecule has 0 aliphatic heterocycles. The van der Waals surface area contributed by atoms with Crippen LogP contribution in [0.15, 0.2) is 46.9 Å². The minimum atomic E-state index is -0.486. The van der Waals surface area contributed by atoms with Crippen molar-refractivity contribution < 1.29 is 8.78 Å². The Bertz CT molecular complexity index is 557. The number of hydrogen-bond donors (Lipinski definition) is 1. The average molecular weight is 312 g/mol. The molecule has 1 nitrogen and oxygen atoms in total. The van der Waals surface area contributed by atoms with Crippen molar-refractivity contribution in [2.24, 2.45) is 5.73 Å². The zero-order chi connectivity index (χ0) is 13.1. The maximum Gasteiger partial charge on any atom is 0.129 e. The van der Waals surface area contributed by atoms with Crippen LogP contribution in [-0.2, 0) is 6.42 Å². The molecule has 0 fully saturated rings. The molecule has 0 aliphatic carbocycles. The van der Waals surface area contributed by atoms with Gasteiger partial charge in [-0.1, -0.05) is 34.1 Å². The van der Waals surface area contributed by atoms with Gasteiger partial charge in [0.05, 0.1) is 0 Å². The minimum Gasteiger partial charge on any atom is -0.324 e. The van der Waals surface area contributed by atoms with Gasteiger partial charge in [-0.2, -0.15) is 0 Å². The van der Waals surface area contributed by atoms with Crippen LogP contribution >= 0.6 is 15.9 Å². The molecule has 0 aliphatic rings. The third-order valence-corrected chi connectivity index (χ3v) is 3.20. The van der Waals surface area contributed by atoms with E-state index in [1.54, 1.807) is 24.3 Å². The number of halogens is 3. The van der Waals surface area contributed by atoms with Gasteiger partial charge in [-0.05, 0) is 36.2 Å². The molecule has 2 N–H and O–H groups in total.